The number of rotatable bonds is 6. The summed E-state index contributed by atoms with van der Waals surface area (Å²) in [5, 5.41) is 9.26. The highest BCUT2D eigenvalue weighted by atomic mass is 19.1. The predicted octanol–water partition coefficient (Wildman–Crippen LogP) is 3.51. The monoisotopic (exact) mass is 385 g/mol. The van der Waals surface area contributed by atoms with Gasteiger partial charge in [-0.1, -0.05) is 0 Å². The maximum atomic E-state index is 13.5. The molecule has 1 N–H and O–H groups in total. The molecule has 1 saturated heterocycles. The number of carbonyl (C=O) groups excluding carboxylic acids is 1. The van der Waals surface area contributed by atoms with Crippen molar-refractivity contribution in [3.63, 3.8) is 0 Å². The third-order valence-electron chi connectivity index (χ3n) is 5.78. The molecule has 1 saturated carbocycles. The summed E-state index contributed by atoms with van der Waals surface area (Å²) in [5.41, 5.74) is 0.299. The van der Waals surface area contributed by atoms with E-state index in [4.69, 9.17) is 9.47 Å². The number of likely N-dealkylation sites (tertiary alicyclic amines) is 1. The first-order valence-corrected chi connectivity index (χ1v) is 9.56. The average molecular weight is 385 g/mol. The third-order valence-corrected chi connectivity index (χ3v) is 5.78. The first-order chi connectivity index (χ1) is 13.5. The van der Waals surface area contributed by atoms with Crippen LogP contribution in [0, 0.1) is 17.7 Å². The van der Waals surface area contributed by atoms with E-state index in [9.17, 15) is 14.3 Å². The van der Waals surface area contributed by atoms with Gasteiger partial charge in [-0.05, 0) is 67.1 Å². The van der Waals surface area contributed by atoms with Crippen molar-refractivity contribution in [1.82, 2.24) is 4.90 Å². The van der Waals surface area contributed by atoms with Gasteiger partial charge in [0, 0.05) is 18.7 Å². The van der Waals surface area contributed by atoms with Crippen molar-refractivity contribution in [3.8, 4) is 17.2 Å². The molecule has 4 rings (SSSR count). The van der Waals surface area contributed by atoms with Crippen molar-refractivity contribution in [1.29, 1.82) is 0 Å². The Bertz CT molecular complexity index is 840. The van der Waals surface area contributed by atoms with Crippen LogP contribution in [0.5, 0.6) is 17.2 Å². The number of halogens is 1. The number of phenols is 1. The van der Waals surface area contributed by atoms with E-state index >= 15 is 0 Å². The van der Waals surface area contributed by atoms with Crippen LogP contribution in [0.2, 0.25) is 0 Å². The molecule has 0 aromatic heterocycles. The molecular formula is C22H24FNO4. The number of Topliss-reactive ketones (excluding diaryl/α,β-unsaturated/α-hetero) is 1. The number of carbonyl (C=O) groups is 1. The van der Waals surface area contributed by atoms with E-state index in [0.29, 0.717) is 17.4 Å². The van der Waals surface area contributed by atoms with Crippen LogP contribution < -0.4 is 9.47 Å². The number of methoxy groups -OCH3 is 1. The Morgan fingerprint density at radius 1 is 1.11 bits per heavy atom. The van der Waals surface area contributed by atoms with Gasteiger partial charge >= 0.3 is 0 Å². The third kappa shape index (κ3) is 3.97. The fraction of sp³-hybridized carbons (Fsp3) is 0.409. The molecule has 5 nitrogen and oxygen atoms in total. The van der Waals surface area contributed by atoms with Gasteiger partial charge < -0.3 is 14.6 Å². The van der Waals surface area contributed by atoms with Crippen LogP contribution in [0.15, 0.2) is 42.5 Å². The molecule has 0 bridgehead atoms. The number of ether oxygens (including phenoxy) is 2. The number of hydrogen-bond donors (Lipinski definition) is 1. The average Bonchev–Trinajstić information content (AvgIpc) is 3.22. The number of nitrogens with zero attached hydrogens (tertiary/aromatic N) is 1. The van der Waals surface area contributed by atoms with Crippen LogP contribution in [0.4, 0.5) is 4.39 Å². The Kier molecular flexibility index (Phi) is 5.22. The van der Waals surface area contributed by atoms with Gasteiger partial charge in [0.2, 0.25) is 0 Å². The van der Waals surface area contributed by atoms with Crippen molar-refractivity contribution >= 4 is 5.78 Å². The Hall–Kier alpha value is -2.60. The van der Waals surface area contributed by atoms with Gasteiger partial charge in [-0.2, -0.15) is 0 Å². The molecule has 3 atom stereocenters. The second-order valence-electron chi connectivity index (χ2n) is 7.69. The van der Waals surface area contributed by atoms with E-state index < -0.39 is 11.6 Å². The topological polar surface area (TPSA) is 59.0 Å². The predicted molar refractivity (Wildman–Crippen MR) is 102 cm³/mol. The summed E-state index contributed by atoms with van der Waals surface area (Å²) in [5.74, 6) is 1.39. The van der Waals surface area contributed by atoms with E-state index in [1.54, 1.807) is 7.11 Å². The molecule has 2 aromatic rings. The summed E-state index contributed by atoms with van der Waals surface area (Å²) in [6, 6.07) is 11.4. The molecule has 0 radical (unpaired) electrons. The lowest BCUT2D eigenvalue weighted by molar-refractivity contribution is 0.0936. The standard InChI is InChI=1S/C22H24FNO4/c1-27-17-3-5-18(6-4-17)28-19-8-15-11-24(12-16(15)9-19)13-22(26)14-2-7-21(25)20(23)10-14/h2-7,10,15-16,19,25H,8-9,11-13H2,1H3/t15-,16+,19+. The van der Waals surface area contributed by atoms with Crippen molar-refractivity contribution < 1.29 is 23.8 Å². The van der Waals surface area contributed by atoms with Crippen LogP contribution in [-0.2, 0) is 0 Å². The molecule has 148 valence electrons. The molecule has 6 heteroatoms. The van der Waals surface area contributed by atoms with Crippen LogP contribution in [0.3, 0.4) is 0 Å². The molecule has 0 unspecified atom stereocenters. The summed E-state index contributed by atoms with van der Waals surface area (Å²) >= 11 is 0. The zero-order valence-electron chi connectivity index (χ0n) is 15.8. The van der Waals surface area contributed by atoms with Gasteiger partial charge in [0.1, 0.15) is 11.5 Å². The lowest BCUT2D eigenvalue weighted by Crippen LogP contribution is -2.30. The van der Waals surface area contributed by atoms with Crippen molar-refractivity contribution in [3.05, 3.63) is 53.8 Å². The first-order valence-electron chi connectivity index (χ1n) is 9.56. The molecule has 1 aliphatic carbocycles. The second-order valence-corrected chi connectivity index (χ2v) is 7.69. The zero-order chi connectivity index (χ0) is 19.7. The highest BCUT2D eigenvalue weighted by Crippen LogP contribution is 2.40. The molecule has 0 amide bonds. The van der Waals surface area contributed by atoms with E-state index in [2.05, 4.69) is 4.90 Å². The lowest BCUT2D eigenvalue weighted by Gasteiger charge is -2.19. The van der Waals surface area contributed by atoms with Gasteiger partial charge in [0.05, 0.1) is 19.8 Å². The maximum Gasteiger partial charge on any atom is 0.176 e. The largest absolute Gasteiger partial charge is 0.505 e. The molecule has 1 heterocycles. The Morgan fingerprint density at radius 2 is 1.75 bits per heavy atom. The van der Waals surface area contributed by atoms with E-state index in [0.717, 1.165) is 43.5 Å². The fourth-order valence-electron chi connectivity index (χ4n) is 4.39. The number of benzene rings is 2. The van der Waals surface area contributed by atoms with Gasteiger partial charge in [-0.15, -0.1) is 0 Å². The minimum absolute atomic E-state index is 0.120. The zero-order valence-corrected chi connectivity index (χ0v) is 15.8. The number of hydrogen-bond acceptors (Lipinski definition) is 5. The molecular weight excluding hydrogens is 361 g/mol. The summed E-state index contributed by atoms with van der Waals surface area (Å²) in [7, 11) is 1.64. The Balaban J connectivity index is 1.28. The summed E-state index contributed by atoms with van der Waals surface area (Å²) in [6.45, 7) is 2.00. The molecule has 2 aromatic carbocycles. The van der Waals surface area contributed by atoms with Crippen LogP contribution in [0.25, 0.3) is 0 Å². The number of aromatic hydroxyl groups is 1. The minimum Gasteiger partial charge on any atom is -0.505 e. The fourth-order valence-corrected chi connectivity index (χ4v) is 4.39. The normalized spacial score (nSPS) is 24.1. The van der Waals surface area contributed by atoms with Crippen LogP contribution in [-0.4, -0.2) is 48.6 Å². The Morgan fingerprint density at radius 3 is 2.36 bits per heavy atom. The highest BCUT2D eigenvalue weighted by molar-refractivity contribution is 5.97. The van der Waals surface area contributed by atoms with Crippen LogP contribution in [0.1, 0.15) is 23.2 Å². The van der Waals surface area contributed by atoms with E-state index in [1.807, 2.05) is 24.3 Å². The second kappa shape index (κ2) is 7.80. The summed E-state index contributed by atoms with van der Waals surface area (Å²) in [6.07, 6.45) is 2.16. The summed E-state index contributed by atoms with van der Waals surface area (Å²) in [4.78, 5) is 14.6. The molecule has 2 fully saturated rings. The molecule has 2 aliphatic rings. The molecule has 1 aliphatic heterocycles. The van der Waals surface area contributed by atoms with Gasteiger partial charge in [0.25, 0.3) is 0 Å². The molecule has 0 spiro atoms. The van der Waals surface area contributed by atoms with Crippen molar-refractivity contribution in [2.45, 2.75) is 18.9 Å². The number of fused-ring (bicyclic) bond motifs is 1. The number of phenolic OH excluding ortho intramolecular Hbond substituents is 1. The van der Waals surface area contributed by atoms with Gasteiger partial charge in [-0.25, -0.2) is 4.39 Å². The minimum atomic E-state index is -0.761. The smallest absolute Gasteiger partial charge is 0.176 e. The maximum absolute atomic E-state index is 13.5. The Labute approximate surface area is 163 Å². The number of ketones is 1. The van der Waals surface area contributed by atoms with Gasteiger partial charge in [-0.3, -0.25) is 9.69 Å². The van der Waals surface area contributed by atoms with Crippen molar-refractivity contribution in [2.75, 3.05) is 26.7 Å². The summed E-state index contributed by atoms with van der Waals surface area (Å²) < 4.78 is 24.7. The van der Waals surface area contributed by atoms with Gasteiger partial charge in [0.15, 0.2) is 17.3 Å². The SMILES string of the molecule is COc1ccc(O[C@H]2C[C@@H]3CN(CC(=O)c4ccc(O)c(F)c4)C[C@@H]3C2)cc1. The molecule has 28 heavy (non-hydrogen) atoms. The van der Waals surface area contributed by atoms with Crippen molar-refractivity contribution in [2.24, 2.45) is 11.8 Å². The highest BCUT2D eigenvalue weighted by Gasteiger charge is 2.42. The lowest BCUT2D eigenvalue weighted by atomic mass is 10.0. The first kappa shape index (κ1) is 18.7. The quantitative estimate of drug-likeness (QED) is 0.771. The van der Waals surface area contributed by atoms with E-state index in [1.165, 1.54) is 12.1 Å². The van der Waals surface area contributed by atoms with E-state index in [-0.39, 0.29) is 18.4 Å². The van der Waals surface area contributed by atoms with Crippen LogP contribution >= 0.6 is 0 Å².